The average Bonchev–Trinajstić information content (AvgIpc) is 2.76. The summed E-state index contributed by atoms with van der Waals surface area (Å²) in [5.74, 6) is 0.847. The molecule has 0 saturated carbocycles. The third-order valence-electron chi connectivity index (χ3n) is 2.75. The van der Waals surface area contributed by atoms with E-state index in [1.807, 2.05) is 13.0 Å². The van der Waals surface area contributed by atoms with E-state index < -0.39 is 0 Å². The topological polar surface area (TPSA) is 49.5 Å². The van der Waals surface area contributed by atoms with E-state index in [9.17, 15) is 0 Å². The second kappa shape index (κ2) is 4.11. The molecule has 1 saturated heterocycles. The monoisotopic (exact) mass is 196 g/mol. The minimum absolute atomic E-state index is 0.247. The van der Waals surface area contributed by atoms with Gasteiger partial charge in [0.15, 0.2) is 0 Å². The fourth-order valence-electron chi connectivity index (χ4n) is 2.01. The fraction of sp³-hybridized carbons (Fsp3) is 0.700. The molecule has 0 radical (unpaired) electrons. The number of hydrogen-bond donors (Lipinski definition) is 1. The number of hydrogen-bond acceptors (Lipinski definition) is 4. The molecule has 1 unspecified atom stereocenters. The van der Waals surface area contributed by atoms with Crippen LogP contribution in [-0.2, 0) is 6.54 Å². The molecule has 0 spiro atoms. The predicted octanol–water partition coefficient (Wildman–Crippen LogP) is 0.940. The Balaban J connectivity index is 1.96. The molecule has 0 bridgehead atoms. The first-order valence-electron chi connectivity index (χ1n) is 5.06. The summed E-state index contributed by atoms with van der Waals surface area (Å²) < 4.78 is 5.00. The number of aliphatic hydroxyl groups is 1. The molecule has 0 aliphatic carbocycles. The van der Waals surface area contributed by atoms with Gasteiger partial charge in [-0.25, -0.2) is 0 Å². The lowest BCUT2D eigenvalue weighted by atomic mass is 10.2. The van der Waals surface area contributed by atoms with Crippen molar-refractivity contribution in [1.82, 2.24) is 10.1 Å². The molecule has 2 heterocycles. The summed E-state index contributed by atoms with van der Waals surface area (Å²) in [7, 11) is 0. The van der Waals surface area contributed by atoms with Gasteiger partial charge in [0.05, 0.1) is 12.3 Å². The van der Waals surface area contributed by atoms with Gasteiger partial charge in [0.25, 0.3) is 0 Å². The van der Waals surface area contributed by atoms with E-state index in [1.54, 1.807) is 0 Å². The summed E-state index contributed by atoms with van der Waals surface area (Å²) in [4.78, 5) is 2.26. The van der Waals surface area contributed by atoms with E-state index in [-0.39, 0.29) is 6.61 Å². The van der Waals surface area contributed by atoms with Gasteiger partial charge in [-0.15, -0.1) is 0 Å². The van der Waals surface area contributed by atoms with Gasteiger partial charge in [-0.05, 0) is 26.3 Å². The molecule has 0 aromatic carbocycles. The number of aliphatic hydroxyl groups excluding tert-OH is 1. The van der Waals surface area contributed by atoms with Crippen molar-refractivity contribution in [3.05, 3.63) is 17.5 Å². The Labute approximate surface area is 83.5 Å². The first-order valence-corrected chi connectivity index (χ1v) is 5.06. The van der Waals surface area contributed by atoms with Crippen molar-refractivity contribution in [1.29, 1.82) is 0 Å². The smallest absolute Gasteiger partial charge is 0.133 e. The molecule has 2 rings (SSSR count). The molecule has 78 valence electrons. The first kappa shape index (κ1) is 9.68. The summed E-state index contributed by atoms with van der Waals surface area (Å²) in [6, 6.07) is 2.26. The second-order valence-corrected chi connectivity index (χ2v) is 3.88. The van der Waals surface area contributed by atoms with Crippen LogP contribution in [0, 0.1) is 6.92 Å². The van der Waals surface area contributed by atoms with Crippen LogP contribution in [0.2, 0.25) is 0 Å². The highest BCUT2D eigenvalue weighted by Gasteiger charge is 2.24. The van der Waals surface area contributed by atoms with E-state index in [0.717, 1.165) is 31.0 Å². The van der Waals surface area contributed by atoms with Crippen molar-refractivity contribution in [2.45, 2.75) is 32.4 Å². The number of aryl methyl sites for hydroxylation is 1. The van der Waals surface area contributed by atoms with Crippen molar-refractivity contribution < 1.29 is 9.63 Å². The molecule has 4 nitrogen and oxygen atoms in total. The highest BCUT2D eigenvalue weighted by Crippen LogP contribution is 2.19. The van der Waals surface area contributed by atoms with E-state index >= 15 is 0 Å². The van der Waals surface area contributed by atoms with Crippen LogP contribution in [0.3, 0.4) is 0 Å². The fourth-order valence-corrected chi connectivity index (χ4v) is 2.01. The lowest BCUT2D eigenvalue weighted by Crippen LogP contribution is -2.31. The van der Waals surface area contributed by atoms with Gasteiger partial charge in [0.2, 0.25) is 0 Å². The number of rotatable bonds is 3. The third-order valence-corrected chi connectivity index (χ3v) is 2.75. The number of likely N-dealkylation sites (tertiary alicyclic amines) is 1. The average molecular weight is 196 g/mol. The van der Waals surface area contributed by atoms with Crippen molar-refractivity contribution in [2.24, 2.45) is 0 Å². The Hall–Kier alpha value is -0.870. The van der Waals surface area contributed by atoms with E-state index in [1.165, 1.54) is 6.42 Å². The van der Waals surface area contributed by atoms with Gasteiger partial charge in [-0.2, -0.15) is 0 Å². The van der Waals surface area contributed by atoms with Crippen molar-refractivity contribution in [3.63, 3.8) is 0 Å². The SMILES string of the molecule is Cc1cc(CN2CCCC2CO)no1. The number of nitrogens with zero attached hydrogens (tertiary/aromatic N) is 2. The summed E-state index contributed by atoms with van der Waals surface area (Å²) in [5.41, 5.74) is 0.961. The van der Waals surface area contributed by atoms with Gasteiger partial charge < -0.3 is 9.63 Å². The zero-order chi connectivity index (χ0) is 9.97. The predicted molar refractivity (Wildman–Crippen MR) is 51.8 cm³/mol. The number of aromatic nitrogens is 1. The maximum absolute atomic E-state index is 9.13. The van der Waals surface area contributed by atoms with Gasteiger partial charge >= 0.3 is 0 Å². The maximum Gasteiger partial charge on any atom is 0.133 e. The maximum atomic E-state index is 9.13. The van der Waals surface area contributed by atoms with E-state index in [0.29, 0.717) is 6.04 Å². The summed E-state index contributed by atoms with van der Waals surface area (Å²) in [6.07, 6.45) is 2.26. The van der Waals surface area contributed by atoms with Crippen LogP contribution >= 0.6 is 0 Å². The van der Waals surface area contributed by atoms with Crippen LogP contribution in [0.5, 0.6) is 0 Å². The molecule has 14 heavy (non-hydrogen) atoms. The Morgan fingerprint density at radius 3 is 3.21 bits per heavy atom. The van der Waals surface area contributed by atoms with Crippen LogP contribution in [0.25, 0.3) is 0 Å². The van der Waals surface area contributed by atoms with Crippen molar-refractivity contribution in [3.8, 4) is 0 Å². The Morgan fingerprint density at radius 1 is 1.71 bits per heavy atom. The molecule has 1 N–H and O–H groups in total. The molecule has 1 atom stereocenters. The molecule has 1 aliphatic rings. The van der Waals surface area contributed by atoms with E-state index in [4.69, 9.17) is 9.63 Å². The molecule has 1 aromatic heterocycles. The molecule has 1 fully saturated rings. The molecule has 4 heteroatoms. The Bertz CT molecular complexity index is 298. The van der Waals surface area contributed by atoms with Crippen LogP contribution in [-0.4, -0.2) is 34.4 Å². The summed E-state index contributed by atoms with van der Waals surface area (Å²) in [6.45, 7) is 3.99. The van der Waals surface area contributed by atoms with E-state index in [2.05, 4.69) is 10.1 Å². The lowest BCUT2D eigenvalue weighted by Gasteiger charge is -2.20. The summed E-state index contributed by atoms with van der Waals surface area (Å²) in [5, 5.41) is 13.1. The van der Waals surface area contributed by atoms with Crippen molar-refractivity contribution >= 4 is 0 Å². The zero-order valence-corrected chi connectivity index (χ0v) is 8.44. The molecule has 1 aliphatic heterocycles. The van der Waals surface area contributed by atoms with Crippen LogP contribution in [0.4, 0.5) is 0 Å². The normalized spacial score (nSPS) is 23.1. The van der Waals surface area contributed by atoms with Crippen molar-refractivity contribution in [2.75, 3.05) is 13.2 Å². The van der Waals surface area contributed by atoms with Gasteiger partial charge in [-0.1, -0.05) is 5.16 Å². The van der Waals surface area contributed by atoms with Crippen LogP contribution in [0.15, 0.2) is 10.6 Å². The minimum atomic E-state index is 0.247. The quantitative estimate of drug-likeness (QED) is 0.781. The third kappa shape index (κ3) is 1.96. The highest BCUT2D eigenvalue weighted by atomic mass is 16.5. The second-order valence-electron chi connectivity index (χ2n) is 3.88. The zero-order valence-electron chi connectivity index (χ0n) is 8.44. The molecular formula is C10H16N2O2. The van der Waals surface area contributed by atoms with Gasteiger partial charge in [-0.3, -0.25) is 4.90 Å². The largest absolute Gasteiger partial charge is 0.395 e. The first-order chi connectivity index (χ1) is 6.79. The van der Waals surface area contributed by atoms with Gasteiger partial charge in [0, 0.05) is 18.7 Å². The standard InChI is InChI=1S/C10H16N2O2/c1-8-5-9(11-14-8)6-12-4-2-3-10(12)7-13/h5,10,13H,2-4,6-7H2,1H3. The van der Waals surface area contributed by atoms with Gasteiger partial charge in [0.1, 0.15) is 5.76 Å². The van der Waals surface area contributed by atoms with Crippen LogP contribution < -0.4 is 0 Å². The minimum Gasteiger partial charge on any atom is -0.395 e. The molecule has 1 aromatic rings. The lowest BCUT2D eigenvalue weighted by molar-refractivity contribution is 0.151. The summed E-state index contributed by atoms with van der Waals surface area (Å²) >= 11 is 0. The Morgan fingerprint density at radius 2 is 2.57 bits per heavy atom. The van der Waals surface area contributed by atoms with Crippen LogP contribution in [0.1, 0.15) is 24.3 Å². The molecular weight excluding hydrogens is 180 g/mol. The Kier molecular flexibility index (Phi) is 2.84. The molecule has 0 amide bonds. The highest BCUT2D eigenvalue weighted by molar-refractivity contribution is 5.04.